The van der Waals surface area contributed by atoms with Gasteiger partial charge in [-0.25, -0.2) is 0 Å². The van der Waals surface area contributed by atoms with E-state index in [9.17, 15) is 4.79 Å². The summed E-state index contributed by atoms with van der Waals surface area (Å²) in [5, 5.41) is 19.9. The molecule has 2 rings (SSSR count). The van der Waals surface area contributed by atoms with Crippen molar-refractivity contribution in [2.24, 2.45) is 0 Å². The van der Waals surface area contributed by atoms with Crippen LogP contribution in [0.3, 0.4) is 0 Å². The van der Waals surface area contributed by atoms with E-state index in [2.05, 4.69) is 31.3 Å². The molecule has 0 aliphatic rings. The molecule has 0 fully saturated rings. The zero-order valence-corrected chi connectivity index (χ0v) is 9.62. The Morgan fingerprint density at radius 1 is 1.50 bits per heavy atom. The van der Waals surface area contributed by atoms with E-state index in [0.717, 1.165) is 14.8 Å². The molecule has 0 unspecified atom stereocenters. The normalized spacial score (nSPS) is 10.3. The predicted molar refractivity (Wildman–Crippen MR) is 58.6 cm³/mol. The maximum Gasteiger partial charge on any atom is 0.327 e. The van der Waals surface area contributed by atoms with Crippen molar-refractivity contribution in [1.82, 2.24) is 20.2 Å². The molecule has 0 amide bonds. The van der Waals surface area contributed by atoms with Crippen molar-refractivity contribution < 1.29 is 9.90 Å². The summed E-state index contributed by atoms with van der Waals surface area (Å²) in [6.07, 6.45) is 0. The minimum atomic E-state index is -1.00. The Kier molecular flexibility index (Phi) is 2.95. The van der Waals surface area contributed by atoms with Crippen molar-refractivity contribution in [1.29, 1.82) is 0 Å². The zero-order chi connectivity index (χ0) is 11.5. The minimum Gasteiger partial charge on any atom is -0.480 e. The first-order chi connectivity index (χ1) is 7.65. The molecule has 0 spiro atoms. The van der Waals surface area contributed by atoms with Gasteiger partial charge in [0.25, 0.3) is 0 Å². The third-order valence-corrected chi connectivity index (χ3v) is 2.31. The summed E-state index contributed by atoms with van der Waals surface area (Å²) in [6.45, 7) is -0.291. The molecule has 0 atom stereocenters. The molecule has 1 aromatic heterocycles. The van der Waals surface area contributed by atoms with Gasteiger partial charge in [0.05, 0.1) is 0 Å². The Morgan fingerprint density at radius 2 is 2.31 bits per heavy atom. The Morgan fingerprint density at radius 3 is 3.00 bits per heavy atom. The summed E-state index contributed by atoms with van der Waals surface area (Å²) < 4.78 is 0.902. The second-order valence-corrected chi connectivity index (χ2v) is 3.96. The van der Waals surface area contributed by atoms with Gasteiger partial charge in [0.2, 0.25) is 5.82 Å². The van der Waals surface area contributed by atoms with Crippen molar-refractivity contribution in [3.05, 3.63) is 28.7 Å². The Labute approximate surface area is 99.0 Å². The third-order valence-electron chi connectivity index (χ3n) is 1.81. The summed E-state index contributed by atoms with van der Waals surface area (Å²) in [4.78, 5) is 11.5. The summed E-state index contributed by atoms with van der Waals surface area (Å²) in [5.74, 6) is -0.597. The third kappa shape index (κ3) is 2.43. The average Bonchev–Trinajstić information content (AvgIpc) is 2.65. The van der Waals surface area contributed by atoms with Crippen LogP contribution in [0.2, 0.25) is 0 Å². The van der Waals surface area contributed by atoms with Crippen LogP contribution in [-0.4, -0.2) is 31.3 Å². The number of benzene rings is 1. The second kappa shape index (κ2) is 4.40. The van der Waals surface area contributed by atoms with Crippen LogP contribution in [-0.2, 0) is 11.3 Å². The lowest BCUT2D eigenvalue weighted by atomic mass is 10.2. The number of rotatable bonds is 3. The van der Waals surface area contributed by atoms with Gasteiger partial charge in [-0.15, -0.1) is 10.2 Å². The smallest absolute Gasteiger partial charge is 0.327 e. The van der Waals surface area contributed by atoms with Crippen LogP contribution >= 0.6 is 15.9 Å². The van der Waals surface area contributed by atoms with Crippen molar-refractivity contribution in [3.63, 3.8) is 0 Å². The van der Waals surface area contributed by atoms with Gasteiger partial charge in [0, 0.05) is 10.0 Å². The molecule has 0 saturated heterocycles. The highest BCUT2D eigenvalue weighted by Crippen LogP contribution is 2.18. The first-order valence-corrected chi connectivity index (χ1v) is 5.20. The fourth-order valence-electron chi connectivity index (χ4n) is 1.17. The summed E-state index contributed by atoms with van der Waals surface area (Å²) in [6, 6.07) is 7.39. The quantitative estimate of drug-likeness (QED) is 0.915. The predicted octanol–water partition coefficient (Wildman–Crippen LogP) is 1.19. The summed E-state index contributed by atoms with van der Waals surface area (Å²) in [5.41, 5.74) is 0.783. The molecular weight excluding hydrogens is 276 g/mol. The second-order valence-electron chi connectivity index (χ2n) is 3.05. The van der Waals surface area contributed by atoms with Gasteiger partial charge in [-0.2, -0.15) is 4.80 Å². The minimum absolute atomic E-state index is 0.291. The van der Waals surface area contributed by atoms with E-state index in [1.54, 1.807) is 0 Å². The van der Waals surface area contributed by atoms with Gasteiger partial charge in [0.15, 0.2) is 6.54 Å². The summed E-state index contributed by atoms with van der Waals surface area (Å²) in [7, 11) is 0. The van der Waals surface area contributed by atoms with Gasteiger partial charge < -0.3 is 5.11 Å². The molecule has 0 saturated carbocycles. The first kappa shape index (κ1) is 10.7. The molecular formula is C9H7BrN4O2. The molecule has 7 heteroatoms. The van der Waals surface area contributed by atoms with Crippen LogP contribution in [0.4, 0.5) is 0 Å². The van der Waals surface area contributed by atoms with Crippen LogP contribution in [0.25, 0.3) is 11.4 Å². The molecule has 0 bridgehead atoms. The molecule has 2 aromatic rings. The highest BCUT2D eigenvalue weighted by atomic mass is 79.9. The van der Waals surface area contributed by atoms with E-state index in [1.807, 2.05) is 24.3 Å². The maximum atomic E-state index is 10.4. The van der Waals surface area contributed by atoms with Gasteiger partial charge in [-0.05, 0) is 17.3 Å². The number of carboxylic acids is 1. The van der Waals surface area contributed by atoms with E-state index in [-0.39, 0.29) is 6.54 Å². The number of hydrogen-bond acceptors (Lipinski definition) is 4. The molecule has 1 aromatic carbocycles. The van der Waals surface area contributed by atoms with E-state index in [1.165, 1.54) is 0 Å². The number of aliphatic carboxylic acids is 1. The fourth-order valence-corrected chi connectivity index (χ4v) is 1.57. The van der Waals surface area contributed by atoms with Crippen LogP contribution in [0.15, 0.2) is 28.7 Å². The number of hydrogen-bond donors (Lipinski definition) is 1. The Balaban J connectivity index is 2.28. The van der Waals surface area contributed by atoms with E-state index in [0.29, 0.717) is 5.82 Å². The van der Waals surface area contributed by atoms with Gasteiger partial charge >= 0.3 is 5.97 Å². The van der Waals surface area contributed by atoms with Crippen molar-refractivity contribution in [3.8, 4) is 11.4 Å². The zero-order valence-electron chi connectivity index (χ0n) is 8.04. The Hall–Kier alpha value is -1.76. The van der Waals surface area contributed by atoms with Crippen molar-refractivity contribution >= 4 is 21.9 Å². The monoisotopic (exact) mass is 282 g/mol. The molecule has 16 heavy (non-hydrogen) atoms. The number of carbonyl (C=O) groups is 1. The van der Waals surface area contributed by atoms with Crippen LogP contribution < -0.4 is 0 Å². The van der Waals surface area contributed by atoms with Crippen molar-refractivity contribution in [2.75, 3.05) is 0 Å². The van der Waals surface area contributed by atoms with Gasteiger partial charge in [0.1, 0.15) is 0 Å². The Bertz CT molecular complexity index is 526. The lowest BCUT2D eigenvalue weighted by molar-refractivity contribution is -0.138. The topological polar surface area (TPSA) is 80.9 Å². The average molecular weight is 283 g/mol. The molecule has 0 aliphatic carbocycles. The SMILES string of the molecule is O=C(O)Cn1nnc(-c2cccc(Br)c2)n1. The fraction of sp³-hybridized carbons (Fsp3) is 0.111. The molecule has 0 radical (unpaired) electrons. The molecule has 1 N–H and O–H groups in total. The largest absolute Gasteiger partial charge is 0.480 e. The van der Waals surface area contributed by atoms with Crippen LogP contribution in [0.1, 0.15) is 0 Å². The number of tetrazole rings is 1. The first-order valence-electron chi connectivity index (χ1n) is 4.41. The standard InChI is InChI=1S/C9H7BrN4O2/c10-7-3-1-2-6(4-7)9-11-13-14(12-9)5-8(15)16/h1-4H,5H2,(H,15,16). The van der Waals surface area contributed by atoms with E-state index >= 15 is 0 Å². The van der Waals surface area contributed by atoms with Crippen LogP contribution in [0.5, 0.6) is 0 Å². The number of halogens is 1. The van der Waals surface area contributed by atoms with Gasteiger partial charge in [-0.1, -0.05) is 28.1 Å². The maximum absolute atomic E-state index is 10.4. The van der Waals surface area contributed by atoms with E-state index in [4.69, 9.17) is 5.11 Å². The molecule has 1 heterocycles. The van der Waals surface area contributed by atoms with E-state index < -0.39 is 5.97 Å². The molecule has 0 aliphatic heterocycles. The van der Waals surface area contributed by atoms with Crippen LogP contribution in [0, 0.1) is 0 Å². The number of aromatic nitrogens is 4. The summed E-state index contributed by atoms with van der Waals surface area (Å²) >= 11 is 3.33. The molecule has 82 valence electrons. The molecule has 6 nitrogen and oxygen atoms in total. The number of nitrogens with zero attached hydrogens (tertiary/aromatic N) is 4. The lowest BCUT2D eigenvalue weighted by Gasteiger charge is -1.94. The number of carboxylic acid groups (broad SMARTS) is 1. The highest BCUT2D eigenvalue weighted by Gasteiger charge is 2.07. The lowest BCUT2D eigenvalue weighted by Crippen LogP contribution is -2.11. The highest BCUT2D eigenvalue weighted by molar-refractivity contribution is 9.10. The van der Waals surface area contributed by atoms with Gasteiger partial charge in [-0.3, -0.25) is 4.79 Å². The van der Waals surface area contributed by atoms with Crippen molar-refractivity contribution in [2.45, 2.75) is 6.54 Å².